The summed E-state index contributed by atoms with van der Waals surface area (Å²) in [6.45, 7) is 6.53. The third-order valence-corrected chi connectivity index (χ3v) is 15.1. The van der Waals surface area contributed by atoms with Crippen LogP contribution in [0.15, 0.2) is 85.1 Å². The third kappa shape index (κ3) is 65.4. The zero-order chi connectivity index (χ0) is 57.8. The number of allylic oxidation sites excluding steroid dienone is 14. The zero-order valence-corrected chi connectivity index (χ0v) is 53.1. The van der Waals surface area contributed by atoms with Crippen LogP contribution < -0.4 is 0 Å². The lowest BCUT2D eigenvalue weighted by molar-refractivity contribution is -0.167. The van der Waals surface area contributed by atoms with Crippen LogP contribution in [0.2, 0.25) is 0 Å². The first-order chi connectivity index (χ1) is 39.5. The molecule has 0 radical (unpaired) electrons. The molecule has 1 atom stereocenters. The summed E-state index contributed by atoms with van der Waals surface area (Å²) in [4.78, 5) is 38.4. The fourth-order valence-corrected chi connectivity index (χ4v) is 9.93. The van der Waals surface area contributed by atoms with Crippen LogP contribution in [0.4, 0.5) is 0 Å². The van der Waals surface area contributed by atoms with Crippen LogP contribution in [0.1, 0.15) is 348 Å². The van der Waals surface area contributed by atoms with E-state index in [-0.39, 0.29) is 31.1 Å². The van der Waals surface area contributed by atoms with E-state index in [0.29, 0.717) is 19.3 Å². The van der Waals surface area contributed by atoms with E-state index in [0.717, 1.165) is 96.3 Å². The van der Waals surface area contributed by atoms with E-state index in [1.54, 1.807) is 0 Å². The first-order valence-corrected chi connectivity index (χ1v) is 34.6. The zero-order valence-electron chi connectivity index (χ0n) is 53.1. The number of hydrogen-bond acceptors (Lipinski definition) is 6. The molecule has 0 aromatic rings. The number of ether oxygens (including phenoxy) is 3. The molecular formula is C74H130O6. The van der Waals surface area contributed by atoms with Gasteiger partial charge in [0.1, 0.15) is 13.2 Å². The Labute approximate surface area is 496 Å². The number of hydrogen-bond donors (Lipinski definition) is 0. The lowest BCUT2D eigenvalue weighted by Gasteiger charge is -2.18. The Hall–Kier alpha value is -3.41. The van der Waals surface area contributed by atoms with Crippen molar-refractivity contribution >= 4 is 17.9 Å². The lowest BCUT2D eigenvalue weighted by Crippen LogP contribution is -2.30. The summed E-state index contributed by atoms with van der Waals surface area (Å²) >= 11 is 0. The van der Waals surface area contributed by atoms with E-state index >= 15 is 0 Å². The van der Waals surface area contributed by atoms with Gasteiger partial charge in [0.2, 0.25) is 0 Å². The van der Waals surface area contributed by atoms with E-state index in [9.17, 15) is 14.4 Å². The van der Waals surface area contributed by atoms with Gasteiger partial charge in [0, 0.05) is 19.3 Å². The minimum atomic E-state index is -0.782. The molecule has 0 aromatic heterocycles. The fraction of sp³-hybridized carbons (Fsp3) is 0.770. The van der Waals surface area contributed by atoms with Crippen molar-refractivity contribution < 1.29 is 28.6 Å². The Bertz CT molecular complexity index is 1520. The number of carbonyl (C=O) groups excluding carboxylic acids is 3. The van der Waals surface area contributed by atoms with Gasteiger partial charge >= 0.3 is 17.9 Å². The summed E-state index contributed by atoms with van der Waals surface area (Å²) in [5, 5.41) is 0. The largest absolute Gasteiger partial charge is 0.462 e. The summed E-state index contributed by atoms with van der Waals surface area (Å²) in [6.07, 6.45) is 90.3. The van der Waals surface area contributed by atoms with Crippen LogP contribution in [0, 0.1) is 0 Å². The minimum absolute atomic E-state index is 0.0779. The maximum Gasteiger partial charge on any atom is 0.306 e. The van der Waals surface area contributed by atoms with E-state index in [2.05, 4.69) is 106 Å². The van der Waals surface area contributed by atoms with Gasteiger partial charge in [-0.25, -0.2) is 0 Å². The predicted octanol–water partition coefficient (Wildman–Crippen LogP) is 23.8. The monoisotopic (exact) mass is 1110 g/mol. The predicted molar refractivity (Wildman–Crippen MR) is 348 cm³/mol. The highest BCUT2D eigenvalue weighted by molar-refractivity contribution is 5.71. The molecule has 0 N–H and O–H groups in total. The molecule has 0 aliphatic rings. The standard InChI is InChI=1S/C74H130O6/c1-4-7-10-13-16-19-22-25-27-29-31-33-35-37-39-41-43-45-47-49-52-55-58-61-64-67-73(76)79-70-71(69-78-72(75)66-63-60-57-54-51-24-21-18-15-12-9-6-3)80-74(77)68-65-62-59-56-53-50-48-46-44-42-40-38-36-34-32-30-28-26-23-20-17-14-11-8-5-2/h7,10,16,18-19,21,23,25-27,30-33,71H,4-6,8-9,11-15,17,20,22,24,28-29,34-70H2,1-3H3/b10-7-,19-16-,21-18-,26-23-,27-25-,32-30-,33-31-. The van der Waals surface area contributed by atoms with E-state index in [1.807, 2.05) is 0 Å². The number of carbonyl (C=O) groups is 3. The Morgan fingerprint density at radius 1 is 0.263 bits per heavy atom. The molecule has 0 saturated carbocycles. The maximum atomic E-state index is 12.9. The van der Waals surface area contributed by atoms with E-state index < -0.39 is 6.10 Å². The summed E-state index contributed by atoms with van der Waals surface area (Å²) < 4.78 is 17.0. The molecule has 0 amide bonds. The topological polar surface area (TPSA) is 78.9 Å². The molecule has 0 rings (SSSR count). The molecule has 80 heavy (non-hydrogen) atoms. The van der Waals surface area contributed by atoms with Gasteiger partial charge in [-0.3, -0.25) is 14.4 Å². The average molecular weight is 1120 g/mol. The fourth-order valence-electron chi connectivity index (χ4n) is 9.93. The highest BCUT2D eigenvalue weighted by atomic mass is 16.6. The first kappa shape index (κ1) is 76.6. The van der Waals surface area contributed by atoms with E-state index in [4.69, 9.17) is 14.2 Å². The molecule has 6 heteroatoms. The third-order valence-electron chi connectivity index (χ3n) is 15.1. The molecule has 0 aliphatic heterocycles. The second-order valence-corrected chi connectivity index (χ2v) is 23.1. The summed E-state index contributed by atoms with van der Waals surface area (Å²) in [6, 6.07) is 0. The molecule has 0 aliphatic carbocycles. The molecular weight excluding hydrogens is 985 g/mol. The Morgan fingerprint density at radius 2 is 0.487 bits per heavy atom. The molecule has 1 unspecified atom stereocenters. The molecule has 0 bridgehead atoms. The molecule has 6 nitrogen and oxygen atoms in total. The molecule has 0 heterocycles. The number of esters is 3. The summed E-state index contributed by atoms with van der Waals surface area (Å²) in [5.74, 6) is -0.874. The van der Waals surface area contributed by atoms with Crippen molar-refractivity contribution in [1.29, 1.82) is 0 Å². The van der Waals surface area contributed by atoms with Crippen molar-refractivity contribution in [3.05, 3.63) is 85.1 Å². The average Bonchev–Trinajstić information content (AvgIpc) is 3.46. The highest BCUT2D eigenvalue weighted by Crippen LogP contribution is 2.17. The van der Waals surface area contributed by atoms with Crippen molar-refractivity contribution in [3.63, 3.8) is 0 Å². The summed E-state index contributed by atoms with van der Waals surface area (Å²) in [7, 11) is 0. The van der Waals surface area contributed by atoms with Gasteiger partial charge in [-0.05, 0) is 116 Å². The first-order valence-electron chi connectivity index (χ1n) is 34.6. The quantitative estimate of drug-likeness (QED) is 0.0261. The van der Waals surface area contributed by atoms with Crippen LogP contribution in [0.5, 0.6) is 0 Å². The molecule has 0 aromatic carbocycles. The Morgan fingerprint density at radius 3 is 0.800 bits per heavy atom. The van der Waals surface area contributed by atoms with Crippen LogP contribution in [-0.4, -0.2) is 37.2 Å². The van der Waals surface area contributed by atoms with Gasteiger partial charge in [-0.1, -0.05) is 298 Å². The van der Waals surface area contributed by atoms with Crippen LogP contribution >= 0.6 is 0 Å². The second-order valence-electron chi connectivity index (χ2n) is 23.1. The molecule has 0 saturated heterocycles. The number of unbranched alkanes of at least 4 members (excludes halogenated alkanes) is 38. The summed E-state index contributed by atoms with van der Waals surface area (Å²) in [5.41, 5.74) is 0. The van der Waals surface area contributed by atoms with Crippen LogP contribution in [0.25, 0.3) is 0 Å². The molecule has 0 spiro atoms. The van der Waals surface area contributed by atoms with Gasteiger partial charge in [0.05, 0.1) is 0 Å². The maximum absolute atomic E-state index is 12.9. The lowest BCUT2D eigenvalue weighted by atomic mass is 10.0. The molecule has 0 fully saturated rings. The minimum Gasteiger partial charge on any atom is -0.462 e. The van der Waals surface area contributed by atoms with Crippen molar-refractivity contribution in [1.82, 2.24) is 0 Å². The van der Waals surface area contributed by atoms with Crippen molar-refractivity contribution in [2.24, 2.45) is 0 Å². The van der Waals surface area contributed by atoms with Crippen molar-refractivity contribution in [3.8, 4) is 0 Å². The normalized spacial score (nSPS) is 12.6. The van der Waals surface area contributed by atoms with Crippen molar-refractivity contribution in [2.75, 3.05) is 13.2 Å². The Balaban J connectivity index is 4.26. The smallest absolute Gasteiger partial charge is 0.306 e. The SMILES string of the molecule is CC/C=C\C/C=C\C/C=C\C/C=C\CCCCCCCCCCCCCCC(=O)OCC(COC(=O)CCCCCCC/C=C\CCCCC)OC(=O)CCCCCCCCCCCCCCC/C=C\C/C=C\CCCCCCC. The second kappa shape index (κ2) is 68.1. The Kier molecular flexibility index (Phi) is 65.2. The van der Waals surface area contributed by atoms with Crippen LogP contribution in [-0.2, 0) is 28.6 Å². The van der Waals surface area contributed by atoms with Crippen LogP contribution in [0.3, 0.4) is 0 Å². The highest BCUT2D eigenvalue weighted by Gasteiger charge is 2.19. The molecule has 462 valence electrons. The van der Waals surface area contributed by atoms with Gasteiger partial charge in [0.25, 0.3) is 0 Å². The van der Waals surface area contributed by atoms with Gasteiger partial charge in [-0.2, -0.15) is 0 Å². The van der Waals surface area contributed by atoms with Crippen molar-refractivity contribution in [2.45, 2.75) is 354 Å². The number of rotatable bonds is 63. The van der Waals surface area contributed by atoms with E-state index in [1.165, 1.54) is 212 Å². The van der Waals surface area contributed by atoms with Gasteiger partial charge in [0.15, 0.2) is 6.10 Å². The van der Waals surface area contributed by atoms with Gasteiger partial charge < -0.3 is 14.2 Å². The van der Waals surface area contributed by atoms with Gasteiger partial charge in [-0.15, -0.1) is 0 Å².